The first kappa shape index (κ1) is 13.0. The van der Waals surface area contributed by atoms with Crippen molar-refractivity contribution >= 4 is 11.7 Å². The van der Waals surface area contributed by atoms with Gasteiger partial charge in [-0.3, -0.25) is 0 Å². The van der Waals surface area contributed by atoms with Gasteiger partial charge in [-0.2, -0.15) is 0 Å². The molecule has 5 heteroatoms. The second-order valence-electron chi connectivity index (χ2n) is 3.97. The van der Waals surface area contributed by atoms with Crippen molar-refractivity contribution in [3.05, 3.63) is 65.2 Å². The van der Waals surface area contributed by atoms with Crippen LogP contribution in [0.15, 0.2) is 42.5 Å². The lowest BCUT2D eigenvalue weighted by atomic mass is 10.1. The van der Waals surface area contributed by atoms with E-state index in [1.54, 1.807) is 18.2 Å². The Bertz CT molecular complexity index is 594. The number of carboxylic acid groups (broad SMARTS) is 1. The number of halogens is 2. The number of hydrogen-bond acceptors (Lipinski definition) is 2. The topological polar surface area (TPSA) is 49.3 Å². The molecule has 0 aliphatic heterocycles. The van der Waals surface area contributed by atoms with E-state index in [4.69, 9.17) is 5.11 Å². The van der Waals surface area contributed by atoms with Gasteiger partial charge in [0.1, 0.15) is 11.6 Å². The highest BCUT2D eigenvalue weighted by Gasteiger charge is 2.08. The summed E-state index contributed by atoms with van der Waals surface area (Å²) in [7, 11) is 0. The third kappa shape index (κ3) is 3.28. The van der Waals surface area contributed by atoms with Crippen molar-refractivity contribution in [1.29, 1.82) is 0 Å². The Labute approximate surface area is 108 Å². The molecule has 0 radical (unpaired) electrons. The van der Waals surface area contributed by atoms with Crippen molar-refractivity contribution in [2.45, 2.75) is 6.54 Å². The number of anilines is 1. The number of hydrogen-bond donors (Lipinski definition) is 2. The molecule has 0 bridgehead atoms. The standard InChI is InChI=1S/C14H11F2NO2/c15-10-5-11(16)7-12(6-10)17-8-9-3-1-2-4-13(9)14(18)19/h1-7,17H,8H2,(H,18,19). The predicted octanol–water partition coefficient (Wildman–Crippen LogP) is 3.28. The molecule has 0 fully saturated rings. The molecule has 0 unspecified atom stereocenters. The van der Waals surface area contributed by atoms with Crippen LogP contribution >= 0.6 is 0 Å². The minimum absolute atomic E-state index is 0.159. The van der Waals surface area contributed by atoms with Gasteiger partial charge in [-0.25, -0.2) is 13.6 Å². The molecule has 98 valence electrons. The van der Waals surface area contributed by atoms with Gasteiger partial charge < -0.3 is 10.4 Å². The summed E-state index contributed by atoms with van der Waals surface area (Å²) in [6, 6.07) is 9.51. The Kier molecular flexibility index (Phi) is 3.75. The van der Waals surface area contributed by atoms with E-state index in [1.807, 2.05) is 0 Å². The van der Waals surface area contributed by atoms with Gasteiger partial charge in [0.05, 0.1) is 5.56 Å². The molecule has 2 rings (SSSR count). The van der Waals surface area contributed by atoms with Crippen LogP contribution in [0.25, 0.3) is 0 Å². The van der Waals surface area contributed by atoms with Crippen LogP contribution in [-0.2, 0) is 6.54 Å². The lowest BCUT2D eigenvalue weighted by molar-refractivity contribution is 0.0696. The Hall–Kier alpha value is -2.43. The van der Waals surface area contributed by atoms with E-state index >= 15 is 0 Å². The highest BCUT2D eigenvalue weighted by molar-refractivity contribution is 5.89. The number of carboxylic acids is 1. The minimum atomic E-state index is -1.04. The van der Waals surface area contributed by atoms with Gasteiger partial charge in [0.15, 0.2) is 0 Å². The van der Waals surface area contributed by atoms with Crippen molar-refractivity contribution in [2.24, 2.45) is 0 Å². The summed E-state index contributed by atoms with van der Waals surface area (Å²) in [4.78, 5) is 11.0. The highest BCUT2D eigenvalue weighted by Crippen LogP contribution is 2.15. The van der Waals surface area contributed by atoms with Gasteiger partial charge in [-0.1, -0.05) is 18.2 Å². The van der Waals surface area contributed by atoms with E-state index in [9.17, 15) is 13.6 Å². The van der Waals surface area contributed by atoms with E-state index < -0.39 is 17.6 Å². The van der Waals surface area contributed by atoms with Crippen molar-refractivity contribution in [3.8, 4) is 0 Å². The zero-order valence-corrected chi connectivity index (χ0v) is 9.86. The Morgan fingerprint density at radius 2 is 1.74 bits per heavy atom. The fourth-order valence-electron chi connectivity index (χ4n) is 1.74. The average molecular weight is 263 g/mol. The first-order valence-electron chi connectivity index (χ1n) is 5.57. The zero-order chi connectivity index (χ0) is 13.8. The lowest BCUT2D eigenvalue weighted by Gasteiger charge is -2.09. The molecule has 3 nitrogen and oxygen atoms in total. The van der Waals surface area contributed by atoms with E-state index in [1.165, 1.54) is 6.07 Å². The van der Waals surface area contributed by atoms with Gasteiger partial charge >= 0.3 is 5.97 Å². The van der Waals surface area contributed by atoms with Gasteiger partial charge in [0, 0.05) is 18.3 Å². The SMILES string of the molecule is O=C(O)c1ccccc1CNc1cc(F)cc(F)c1. The smallest absolute Gasteiger partial charge is 0.336 e. The Morgan fingerprint density at radius 3 is 2.37 bits per heavy atom. The summed E-state index contributed by atoms with van der Waals surface area (Å²) in [5.41, 5.74) is 0.962. The van der Waals surface area contributed by atoms with Crippen LogP contribution < -0.4 is 5.32 Å². The van der Waals surface area contributed by atoms with Crippen molar-refractivity contribution < 1.29 is 18.7 Å². The second-order valence-corrected chi connectivity index (χ2v) is 3.97. The quantitative estimate of drug-likeness (QED) is 0.890. The van der Waals surface area contributed by atoms with E-state index in [0.29, 0.717) is 5.56 Å². The zero-order valence-electron chi connectivity index (χ0n) is 9.86. The van der Waals surface area contributed by atoms with Gasteiger partial charge in [0.2, 0.25) is 0 Å². The molecule has 0 atom stereocenters. The average Bonchev–Trinajstić information content (AvgIpc) is 2.35. The summed E-state index contributed by atoms with van der Waals surface area (Å²) in [6.45, 7) is 0.172. The molecule has 2 aromatic carbocycles. The molecule has 0 saturated carbocycles. The number of nitrogens with one attached hydrogen (secondary N) is 1. The van der Waals surface area contributed by atoms with Crippen LogP contribution in [0, 0.1) is 11.6 Å². The molecule has 0 heterocycles. The third-order valence-electron chi connectivity index (χ3n) is 2.59. The molecule has 0 aromatic heterocycles. The van der Waals surface area contributed by atoms with E-state index in [2.05, 4.69) is 5.32 Å². The van der Waals surface area contributed by atoms with Gasteiger partial charge in [-0.15, -0.1) is 0 Å². The monoisotopic (exact) mass is 263 g/mol. The lowest BCUT2D eigenvalue weighted by Crippen LogP contribution is -2.07. The summed E-state index contributed by atoms with van der Waals surface area (Å²) in [5.74, 6) is -2.41. The van der Waals surface area contributed by atoms with E-state index in [0.717, 1.165) is 18.2 Å². The fraction of sp³-hybridized carbons (Fsp3) is 0.0714. The molecule has 2 N–H and O–H groups in total. The van der Waals surface area contributed by atoms with Crippen molar-refractivity contribution in [1.82, 2.24) is 0 Å². The molecule has 19 heavy (non-hydrogen) atoms. The van der Waals surface area contributed by atoms with Crippen LogP contribution in [0.2, 0.25) is 0 Å². The normalized spacial score (nSPS) is 10.2. The first-order chi connectivity index (χ1) is 9.06. The summed E-state index contributed by atoms with van der Waals surface area (Å²) >= 11 is 0. The molecular formula is C14H11F2NO2. The largest absolute Gasteiger partial charge is 0.478 e. The summed E-state index contributed by atoms with van der Waals surface area (Å²) in [5, 5.41) is 11.8. The molecule has 0 amide bonds. The maximum Gasteiger partial charge on any atom is 0.336 e. The number of aromatic carboxylic acids is 1. The maximum absolute atomic E-state index is 13.0. The molecule has 0 aliphatic rings. The predicted molar refractivity (Wildman–Crippen MR) is 67.1 cm³/mol. The van der Waals surface area contributed by atoms with Gasteiger partial charge in [0.25, 0.3) is 0 Å². The van der Waals surface area contributed by atoms with Crippen LogP contribution in [0.1, 0.15) is 15.9 Å². The first-order valence-corrected chi connectivity index (χ1v) is 5.57. The number of carbonyl (C=O) groups is 1. The summed E-state index contributed by atoms with van der Waals surface area (Å²) in [6.07, 6.45) is 0. The fourth-order valence-corrected chi connectivity index (χ4v) is 1.74. The summed E-state index contributed by atoms with van der Waals surface area (Å²) < 4.78 is 26.0. The van der Waals surface area contributed by atoms with Crippen LogP contribution in [0.3, 0.4) is 0 Å². The minimum Gasteiger partial charge on any atom is -0.478 e. The van der Waals surface area contributed by atoms with Crippen LogP contribution in [-0.4, -0.2) is 11.1 Å². The van der Waals surface area contributed by atoms with Crippen molar-refractivity contribution in [2.75, 3.05) is 5.32 Å². The van der Waals surface area contributed by atoms with Crippen molar-refractivity contribution in [3.63, 3.8) is 0 Å². The second kappa shape index (κ2) is 5.48. The van der Waals surface area contributed by atoms with E-state index in [-0.39, 0.29) is 17.8 Å². The molecule has 0 saturated heterocycles. The number of rotatable bonds is 4. The Morgan fingerprint density at radius 1 is 1.11 bits per heavy atom. The van der Waals surface area contributed by atoms with Gasteiger partial charge in [-0.05, 0) is 23.8 Å². The third-order valence-corrected chi connectivity index (χ3v) is 2.59. The Balaban J connectivity index is 2.16. The molecule has 0 spiro atoms. The maximum atomic E-state index is 13.0. The van der Waals surface area contributed by atoms with Crippen LogP contribution in [0.5, 0.6) is 0 Å². The molecular weight excluding hydrogens is 252 g/mol. The molecule has 2 aromatic rings. The van der Waals surface area contributed by atoms with Crippen LogP contribution in [0.4, 0.5) is 14.5 Å². The highest BCUT2D eigenvalue weighted by atomic mass is 19.1. The molecule has 0 aliphatic carbocycles. The number of benzene rings is 2.